The lowest BCUT2D eigenvalue weighted by molar-refractivity contribution is 0.624. The second-order valence-corrected chi connectivity index (χ2v) is 6.15. The van der Waals surface area contributed by atoms with E-state index >= 15 is 0 Å². The van der Waals surface area contributed by atoms with Crippen molar-refractivity contribution in [2.45, 2.75) is 32.7 Å². The van der Waals surface area contributed by atoms with Crippen molar-refractivity contribution < 1.29 is 0 Å². The van der Waals surface area contributed by atoms with E-state index in [4.69, 9.17) is 11.5 Å². The summed E-state index contributed by atoms with van der Waals surface area (Å²) >= 11 is 0. The molecule has 0 amide bonds. The van der Waals surface area contributed by atoms with Gasteiger partial charge in [-0.2, -0.15) is 0 Å². The quantitative estimate of drug-likeness (QED) is 0.754. The molecule has 124 valence electrons. The summed E-state index contributed by atoms with van der Waals surface area (Å²) in [5.41, 5.74) is 17.7. The van der Waals surface area contributed by atoms with Crippen LogP contribution in [0.3, 0.4) is 0 Å². The van der Waals surface area contributed by atoms with Crippen molar-refractivity contribution in [3.63, 3.8) is 0 Å². The molecule has 0 aliphatic heterocycles. The van der Waals surface area contributed by atoms with Gasteiger partial charge >= 0.3 is 0 Å². The van der Waals surface area contributed by atoms with E-state index in [-0.39, 0.29) is 6.04 Å². The van der Waals surface area contributed by atoms with Crippen molar-refractivity contribution in [3.8, 4) is 11.1 Å². The molecule has 24 heavy (non-hydrogen) atoms. The molecule has 4 heteroatoms. The highest BCUT2D eigenvalue weighted by molar-refractivity contribution is 5.85. The van der Waals surface area contributed by atoms with Crippen LogP contribution in [-0.2, 0) is 6.42 Å². The number of nitrogens with zero attached hydrogens (tertiary/aromatic N) is 2. The van der Waals surface area contributed by atoms with Crippen LogP contribution in [0, 0.1) is 6.92 Å². The summed E-state index contributed by atoms with van der Waals surface area (Å²) in [4.78, 5) is 9.04. The van der Waals surface area contributed by atoms with Crippen molar-refractivity contribution in [1.29, 1.82) is 0 Å². The average molecular weight is 320 g/mol. The predicted octanol–water partition coefficient (Wildman–Crippen LogP) is 3.52. The van der Waals surface area contributed by atoms with E-state index in [1.165, 1.54) is 22.3 Å². The van der Waals surface area contributed by atoms with Gasteiger partial charge in [-0.15, -0.1) is 0 Å². The fraction of sp³-hybridized carbons (Fsp3) is 0.300. The van der Waals surface area contributed by atoms with Gasteiger partial charge in [0.15, 0.2) is 0 Å². The lowest BCUT2D eigenvalue weighted by atomic mass is 9.93. The van der Waals surface area contributed by atoms with Gasteiger partial charge < -0.3 is 11.5 Å². The molecule has 0 radical (unpaired) electrons. The molecular weight excluding hydrogens is 296 g/mol. The van der Waals surface area contributed by atoms with Gasteiger partial charge in [-0.1, -0.05) is 31.2 Å². The Morgan fingerprint density at radius 1 is 1.17 bits per heavy atom. The number of benzene rings is 2. The molecular formula is C20H24N4. The van der Waals surface area contributed by atoms with Gasteiger partial charge in [0.05, 0.1) is 11.6 Å². The van der Waals surface area contributed by atoms with Crippen molar-refractivity contribution in [1.82, 2.24) is 9.97 Å². The molecule has 0 fully saturated rings. The Bertz CT molecular complexity index is 857. The van der Waals surface area contributed by atoms with Crippen LogP contribution >= 0.6 is 0 Å². The van der Waals surface area contributed by atoms with Gasteiger partial charge in [0, 0.05) is 11.6 Å². The normalized spacial score (nSPS) is 12.5. The maximum Gasteiger partial charge on any atom is 0.145 e. The lowest BCUT2D eigenvalue weighted by Gasteiger charge is -2.13. The molecule has 0 aliphatic carbocycles. The third-order valence-electron chi connectivity index (χ3n) is 4.44. The zero-order valence-corrected chi connectivity index (χ0v) is 14.3. The molecule has 1 aromatic heterocycles. The summed E-state index contributed by atoms with van der Waals surface area (Å²) < 4.78 is 0. The van der Waals surface area contributed by atoms with Crippen molar-refractivity contribution in [2.24, 2.45) is 11.5 Å². The Kier molecular flexibility index (Phi) is 4.88. The monoisotopic (exact) mass is 320 g/mol. The van der Waals surface area contributed by atoms with Gasteiger partial charge in [-0.05, 0) is 60.7 Å². The van der Waals surface area contributed by atoms with Gasteiger partial charge in [0.1, 0.15) is 5.82 Å². The third-order valence-corrected chi connectivity index (χ3v) is 4.44. The Morgan fingerprint density at radius 3 is 2.75 bits per heavy atom. The first kappa shape index (κ1) is 16.6. The summed E-state index contributed by atoms with van der Waals surface area (Å²) in [5, 5.41) is 1.03. The maximum atomic E-state index is 6.07. The first-order chi connectivity index (χ1) is 11.6. The Balaban J connectivity index is 2.06. The second-order valence-electron chi connectivity index (χ2n) is 6.15. The molecule has 1 heterocycles. The molecule has 3 aromatic rings. The summed E-state index contributed by atoms with van der Waals surface area (Å²) in [6.07, 6.45) is 3.56. The van der Waals surface area contributed by atoms with Crippen LogP contribution < -0.4 is 11.5 Å². The first-order valence-electron chi connectivity index (χ1n) is 8.45. The Labute approximate surface area is 142 Å². The van der Waals surface area contributed by atoms with Crippen molar-refractivity contribution in [3.05, 3.63) is 59.5 Å². The van der Waals surface area contributed by atoms with Crippen LogP contribution in [0.2, 0.25) is 0 Å². The predicted molar refractivity (Wildman–Crippen MR) is 99.7 cm³/mol. The van der Waals surface area contributed by atoms with Gasteiger partial charge in [0.2, 0.25) is 0 Å². The van der Waals surface area contributed by atoms with Crippen LogP contribution in [0.1, 0.15) is 36.3 Å². The SMILES string of the molecule is CCc1cccc(C)c1-c1ccc2nc(C(N)CCN)ncc2c1. The molecule has 0 saturated carbocycles. The van der Waals surface area contributed by atoms with E-state index in [1.807, 2.05) is 6.20 Å². The van der Waals surface area contributed by atoms with Crippen LogP contribution in [0.15, 0.2) is 42.6 Å². The summed E-state index contributed by atoms with van der Waals surface area (Å²) in [6, 6.07) is 12.6. The molecule has 0 bridgehead atoms. The van der Waals surface area contributed by atoms with E-state index in [0.717, 1.165) is 17.3 Å². The molecule has 3 rings (SSSR count). The van der Waals surface area contributed by atoms with Crippen LogP contribution in [-0.4, -0.2) is 16.5 Å². The number of rotatable bonds is 5. The standard InChI is InChI=1S/C20H24N4/c1-3-14-6-4-5-13(2)19(14)15-7-8-18-16(11-15)12-23-20(24-18)17(22)9-10-21/h4-8,11-12,17H,3,9-10,21-22H2,1-2H3. The van der Waals surface area contributed by atoms with Crippen LogP contribution in [0.25, 0.3) is 22.0 Å². The van der Waals surface area contributed by atoms with Crippen LogP contribution in [0.5, 0.6) is 0 Å². The van der Waals surface area contributed by atoms with E-state index in [2.05, 4.69) is 60.2 Å². The fourth-order valence-electron chi connectivity index (χ4n) is 3.13. The highest BCUT2D eigenvalue weighted by atomic mass is 14.9. The average Bonchev–Trinajstić information content (AvgIpc) is 2.60. The van der Waals surface area contributed by atoms with Crippen LogP contribution in [0.4, 0.5) is 0 Å². The van der Waals surface area contributed by atoms with Crippen molar-refractivity contribution >= 4 is 10.9 Å². The Hall–Kier alpha value is -2.30. The van der Waals surface area contributed by atoms with Gasteiger partial charge in [0.25, 0.3) is 0 Å². The number of nitrogens with two attached hydrogens (primary N) is 2. The molecule has 4 N–H and O–H groups in total. The fourth-order valence-corrected chi connectivity index (χ4v) is 3.13. The molecule has 0 aliphatic rings. The lowest BCUT2D eigenvalue weighted by Crippen LogP contribution is -2.17. The summed E-state index contributed by atoms with van der Waals surface area (Å²) in [7, 11) is 0. The largest absolute Gasteiger partial charge is 0.330 e. The zero-order chi connectivity index (χ0) is 17.1. The molecule has 1 atom stereocenters. The summed E-state index contributed by atoms with van der Waals surface area (Å²) in [6.45, 7) is 4.88. The number of aryl methyl sites for hydroxylation is 2. The maximum absolute atomic E-state index is 6.07. The molecule has 0 saturated heterocycles. The van der Waals surface area contributed by atoms with Gasteiger partial charge in [-0.25, -0.2) is 9.97 Å². The summed E-state index contributed by atoms with van der Waals surface area (Å²) in [5.74, 6) is 0.658. The molecule has 2 aromatic carbocycles. The minimum atomic E-state index is -0.206. The minimum Gasteiger partial charge on any atom is -0.330 e. The number of fused-ring (bicyclic) bond motifs is 1. The van der Waals surface area contributed by atoms with E-state index in [0.29, 0.717) is 18.8 Å². The third kappa shape index (κ3) is 3.16. The first-order valence-corrected chi connectivity index (χ1v) is 8.45. The molecule has 0 spiro atoms. The smallest absolute Gasteiger partial charge is 0.145 e. The number of hydrogen-bond acceptors (Lipinski definition) is 4. The highest BCUT2D eigenvalue weighted by Gasteiger charge is 2.11. The minimum absolute atomic E-state index is 0.206. The highest BCUT2D eigenvalue weighted by Crippen LogP contribution is 2.30. The number of aromatic nitrogens is 2. The topological polar surface area (TPSA) is 77.8 Å². The van der Waals surface area contributed by atoms with E-state index < -0.39 is 0 Å². The van der Waals surface area contributed by atoms with Gasteiger partial charge in [-0.3, -0.25) is 0 Å². The molecule has 4 nitrogen and oxygen atoms in total. The number of hydrogen-bond donors (Lipinski definition) is 2. The zero-order valence-electron chi connectivity index (χ0n) is 14.3. The van der Waals surface area contributed by atoms with E-state index in [9.17, 15) is 0 Å². The Morgan fingerprint density at radius 2 is 2.00 bits per heavy atom. The van der Waals surface area contributed by atoms with Crippen molar-refractivity contribution in [2.75, 3.05) is 6.54 Å². The molecule has 1 unspecified atom stereocenters. The second kappa shape index (κ2) is 7.07. The van der Waals surface area contributed by atoms with E-state index in [1.54, 1.807) is 0 Å².